The number of benzene rings is 1. The lowest BCUT2D eigenvalue weighted by Gasteiger charge is -2.20. The fraction of sp³-hybridized carbons (Fsp3) is 0.333. The van der Waals surface area contributed by atoms with Crippen molar-refractivity contribution >= 4 is 22.4 Å². The number of anilines is 1. The molecule has 1 aromatic heterocycles. The van der Waals surface area contributed by atoms with Crippen LogP contribution in [-0.4, -0.2) is 29.4 Å². The van der Waals surface area contributed by atoms with E-state index in [9.17, 15) is 9.18 Å². The number of carbonyl (C=O) groups excluding carboxylic acids is 1. The van der Waals surface area contributed by atoms with Gasteiger partial charge in [-0.15, -0.1) is 11.3 Å². The number of aromatic nitrogens is 1. The van der Waals surface area contributed by atoms with Gasteiger partial charge in [0.15, 0.2) is 5.13 Å². The third-order valence-electron chi connectivity index (χ3n) is 3.45. The van der Waals surface area contributed by atoms with E-state index < -0.39 is 0 Å². The van der Waals surface area contributed by atoms with Crippen LogP contribution in [0.15, 0.2) is 24.3 Å². The minimum absolute atomic E-state index is 0.124. The van der Waals surface area contributed by atoms with Crippen molar-refractivity contribution in [3.8, 4) is 0 Å². The van der Waals surface area contributed by atoms with Crippen molar-refractivity contribution in [3.05, 3.63) is 46.2 Å². The largest absolute Gasteiger partial charge is 0.302 e. The number of likely N-dealkylation sites (N-methyl/N-ethyl adjacent to an activating group) is 1. The van der Waals surface area contributed by atoms with Gasteiger partial charge in [0.05, 0.1) is 12.1 Å². The summed E-state index contributed by atoms with van der Waals surface area (Å²) >= 11 is 1.54. The van der Waals surface area contributed by atoms with Gasteiger partial charge >= 0.3 is 0 Å². The van der Waals surface area contributed by atoms with Crippen molar-refractivity contribution < 1.29 is 9.18 Å². The van der Waals surface area contributed by atoms with E-state index in [0.29, 0.717) is 5.13 Å². The summed E-state index contributed by atoms with van der Waals surface area (Å²) in [5.41, 5.74) is 1.88. The zero-order valence-corrected chi connectivity index (χ0v) is 12.5. The quantitative estimate of drug-likeness (QED) is 0.947. The summed E-state index contributed by atoms with van der Waals surface area (Å²) in [4.78, 5) is 19.9. The number of carbonyl (C=O) groups is 1. The van der Waals surface area contributed by atoms with Crippen LogP contribution in [0.5, 0.6) is 0 Å². The molecule has 3 rings (SSSR count). The van der Waals surface area contributed by atoms with Crippen LogP contribution in [0, 0.1) is 5.82 Å². The van der Waals surface area contributed by atoms with E-state index in [1.165, 1.54) is 28.3 Å². The normalized spacial score (nSPS) is 14.8. The molecule has 1 N–H and O–H groups in total. The molecule has 1 aromatic carbocycles. The lowest BCUT2D eigenvalue weighted by Crippen LogP contribution is -2.25. The number of thiazole rings is 1. The van der Waals surface area contributed by atoms with Crippen molar-refractivity contribution in [2.45, 2.75) is 19.4 Å². The van der Waals surface area contributed by atoms with Gasteiger partial charge in [0.2, 0.25) is 5.91 Å². The Balaban J connectivity index is 1.64. The maximum absolute atomic E-state index is 12.8. The number of fused-ring (bicyclic) bond motifs is 1. The zero-order chi connectivity index (χ0) is 14.8. The van der Waals surface area contributed by atoms with E-state index in [4.69, 9.17) is 0 Å². The number of hydrogen-bond acceptors (Lipinski definition) is 4. The second-order valence-corrected chi connectivity index (χ2v) is 6.31. The van der Waals surface area contributed by atoms with Crippen LogP contribution < -0.4 is 5.32 Å². The Morgan fingerprint density at radius 1 is 1.43 bits per heavy atom. The maximum atomic E-state index is 12.8. The Morgan fingerprint density at radius 2 is 2.19 bits per heavy atom. The molecule has 1 amide bonds. The molecule has 21 heavy (non-hydrogen) atoms. The summed E-state index contributed by atoms with van der Waals surface area (Å²) < 4.78 is 12.8. The predicted octanol–water partition coefficient (Wildman–Crippen LogP) is 2.45. The second kappa shape index (κ2) is 5.91. The second-order valence-electron chi connectivity index (χ2n) is 5.23. The predicted molar refractivity (Wildman–Crippen MR) is 80.9 cm³/mol. The van der Waals surface area contributed by atoms with E-state index in [1.54, 1.807) is 12.1 Å². The Hall–Kier alpha value is -1.79. The lowest BCUT2D eigenvalue weighted by molar-refractivity contribution is -0.115. The highest BCUT2D eigenvalue weighted by atomic mass is 32.1. The molecule has 6 heteroatoms. The molecule has 2 aromatic rings. The van der Waals surface area contributed by atoms with Crippen LogP contribution in [-0.2, 0) is 24.2 Å². The summed E-state index contributed by atoms with van der Waals surface area (Å²) in [6.07, 6.45) is 1.15. The van der Waals surface area contributed by atoms with Gasteiger partial charge in [0.1, 0.15) is 5.82 Å². The lowest BCUT2D eigenvalue weighted by atomic mass is 10.1. The molecule has 4 nitrogen and oxygen atoms in total. The molecular weight excluding hydrogens is 289 g/mol. The molecule has 0 fully saturated rings. The van der Waals surface area contributed by atoms with Crippen LogP contribution in [0.4, 0.5) is 9.52 Å². The molecule has 1 aliphatic heterocycles. The molecule has 0 unspecified atom stereocenters. The summed E-state index contributed by atoms with van der Waals surface area (Å²) in [5.74, 6) is -0.420. The van der Waals surface area contributed by atoms with Crippen molar-refractivity contribution in [1.29, 1.82) is 0 Å². The zero-order valence-electron chi connectivity index (χ0n) is 11.7. The first-order chi connectivity index (χ1) is 10.1. The number of hydrogen-bond donors (Lipinski definition) is 1. The third kappa shape index (κ3) is 3.46. The molecule has 2 heterocycles. The van der Waals surface area contributed by atoms with Crippen molar-refractivity contribution in [2.75, 3.05) is 18.9 Å². The smallest absolute Gasteiger partial charge is 0.230 e. The number of rotatable bonds is 3. The fourth-order valence-corrected chi connectivity index (χ4v) is 3.43. The monoisotopic (exact) mass is 305 g/mol. The number of nitrogens with one attached hydrogen (secondary N) is 1. The van der Waals surface area contributed by atoms with Crippen LogP contribution in [0.1, 0.15) is 16.1 Å². The first-order valence-corrected chi connectivity index (χ1v) is 7.63. The highest BCUT2D eigenvalue weighted by Crippen LogP contribution is 2.27. The van der Waals surface area contributed by atoms with Crippen molar-refractivity contribution in [1.82, 2.24) is 9.88 Å². The van der Waals surface area contributed by atoms with E-state index in [-0.39, 0.29) is 18.1 Å². The molecule has 0 atom stereocenters. The molecular formula is C15H16FN3OS. The Labute approximate surface area is 126 Å². The van der Waals surface area contributed by atoms with E-state index in [0.717, 1.165) is 30.8 Å². The van der Waals surface area contributed by atoms with Gasteiger partial charge in [-0.05, 0) is 24.7 Å². The standard InChI is InChI=1S/C15H16FN3OS/c1-19-7-6-12-13(9-19)21-15(17-12)18-14(20)8-10-2-4-11(16)5-3-10/h2-5H,6-9H2,1H3,(H,17,18,20). The topological polar surface area (TPSA) is 45.2 Å². The van der Waals surface area contributed by atoms with Gasteiger partial charge in [0, 0.05) is 24.4 Å². The Morgan fingerprint density at radius 3 is 2.95 bits per heavy atom. The van der Waals surface area contributed by atoms with E-state index >= 15 is 0 Å². The van der Waals surface area contributed by atoms with Gasteiger partial charge in [-0.2, -0.15) is 0 Å². The van der Waals surface area contributed by atoms with Crippen LogP contribution in [0.2, 0.25) is 0 Å². The van der Waals surface area contributed by atoms with E-state index in [2.05, 4.69) is 22.2 Å². The van der Waals surface area contributed by atoms with Crippen LogP contribution in [0.25, 0.3) is 0 Å². The Bertz CT molecular complexity index is 653. The van der Waals surface area contributed by atoms with Gasteiger partial charge in [-0.25, -0.2) is 9.37 Å². The van der Waals surface area contributed by atoms with Crippen molar-refractivity contribution in [2.24, 2.45) is 0 Å². The average Bonchev–Trinajstić information content (AvgIpc) is 2.82. The maximum Gasteiger partial charge on any atom is 0.230 e. The molecule has 110 valence electrons. The van der Waals surface area contributed by atoms with Crippen LogP contribution >= 0.6 is 11.3 Å². The van der Waals surface area contributed by atoms with E-state index in [1.807, 2.05) is 0 Å². The fourth-order valence-electron chi connectivity index (χ4n) is 2.33. The van der Waals surface area contributed by atoms with Gasteiger partial charge in [0.25, 0.3) is 0 Å². The van der Waals surface area contributed by atoms with Gasteiger partial charge in [-0.1, -0.05) is 12.1 Å². The molecule has 0 saturated carbocycles. The Kier molecular flexibility index (Phi) is 3.98. The molecule has 0 saturated heterocycles. The summed E-state index contributed by atoms with van der Waals surface area (Å²) in [6, 6.07) is 5.97. The first kappa shape index (κ1) is 14.2. The SMILES string of the molecule is CN1CCc2nc(NC(=O)Cc3ccc(F)cc3)sc2C1. The molecule has 1 aliphatic rings. The highest BCUT2D eigenvalue weighted by Gasteiger charge is 2.19. The molecule has 0 spiro atoms. The summed E-state index contributed by atoms with van der Waals surface area (Å²) in [7, 11) is 2.08. The number of amides is 1. The third-order valence-corrected chi connectivity index (χ3v) is 4.44. The number of halogens is 1. The van der Waals surface area contributed by atoms with Crippen molar-refractivity contribution in [3.63, 3.8) is 0 Å². The molecule has 0 bridgehead atoms. The highest BCUT2D eigenvalue weighted by molar-refractivity contribution is 7.15. The minimum Gasteiger partial charge on any atom is -0.302 e. The molecule has 0 aliphatic carbocycles. The first-order valence-electron chi connectivity index (χ1n) is 6.81. The number of nitrogens with zero attached hydrogens (tertiary/aromatic N) is 2. The summed E-state index contributed by atoms with van der Waals surface area (Å²) in [6.45, 7) is 1.89. The minimum atomic E-state index is -0.295. The van der Waals surface area contributed by atoms with Crippen LogP contribution in [0.3, 0.4) is 0 Å². The van der Waals surface area contributed by atoms with Gasteiger partial charge < -0.3 is 10.2 Å². The average molecular weight is 305 g/mol. The molecule has 0 radical (unpaired) electrons. The van der Waals surface area contributed by atoms with Gasteiger partial charge in [-0.3, -0.25) is 4.79 Å². The summed E-state index contributed by atoms with van der Waals surface area (Å²) in [5, 5.41) is 3.49.